The summed E-state index contributed by atoms with van der Waals surface area (Å²) in [4.78, 5) is 22.3. The number of rotatable bonds is 5. The van der Waals surface area contributed by atoms with E-state index < -0.39 is 0 Å². The van der Waals surface area contributed by atoms with Crippen LogP contribution in [0.4, 0.5) is 4.39 Å². The van der Waals surface area contributed by atoms with Crippen LogP contribution in [-0.4, -0.2) is 62.5 Å². The number of hydrogen-bond donors (Lipinski definition) is 0. The molecule has 1 saturated heterocycles. The van der Waals surface area contributed by atoms with E-state index in [0.717, 1.165) is 29.9 Å². The molecule has 169 valence electrons. The van der Waals surface area contributed by atoms with E-state index in [2.05, 4.69) is 49.6 Å². The van der Waals surface area contributed by atoms with Gasteiger partial charge in [0.15, 0.2) is 5.65 Å². The number of fused-ring (bicyclic) bond motifs is 1. The lowest BCUT2D eigenvalue weighted by atomic mass is 10.0. The van der Waals surface area contributed by atoms with Crippen LogP contribution < -0.4 is 0 Å². The van der Waals surface area contributed by atoms with Gasteiger partial charge in [0.2, 0.25) is 0 Å². The first-order valence-corrected chi connectivity index (χ1v) is 11.2. The molecule has 3 aromatic rings. The van der Waals surface area contributed by atoms with Gasteiger partial charge >= 0.3 is 0 Å². The molecule has 32 heavy (non-hydrogen) atoms. The van der Waals surface area contributed by atoms with Crippen molar-refractivity contribution in [2.24, 2.45) is 0 Å². The Morgan fingerprint density at radius 2 is 1.91 bits per heavy atom. The van der Waals surface area contributed by atoms with E-state index in [9.17, 15) is 9.18 Å². The normalized spacial score (nSPS) is 17.6. The zero-order valence-electron chi connectivity index (χ0n) is 19.5. The molecule has 0 bridgehead atoms. The third kappa shape index (κ3) is 4.53. The number of nitrogens with zero attached hydrogens (tertiary/aromatic N) is 5. The van der Waals surface area contributed by atoms with Crippen LogP contribution in [0, 0.1) is 11.7 Å². The maximum absolute atomic E-state index is 13.4. The number of halogens is 1. The van der Waals surface area contributed by atoms with Gasteiger partial charge in [-0.1, -0.05) is 27.7 Å². The monoisotopic (exact) mass is 436 g/mol. The topological polar surface area (TPSA) is 53.7 Å². The molecule has 1 fully saturated rings. The van der Waals surface area contributed by atoms with Gasteiger partial charge in [-0.25, -0.2) is 13.9 Å². The van der Waals surface area contributed by atoms with Gasteiger partial charge in [-0.3, -0.25) is 9.69 Å². The number of carbonyl (C=O) groups is 1. The summed E-state index contributed by atoms with van der Waals surface area (Å²) in [6.07, 6.45) is 1.72. The molecule has 0 spiro atoms. The number of benzene rings is 1. The average molecular weight is 437 g/mol. The van der Waals surface area contributed by atoms with Crippen molar-refractivity contribution < 1.29 is 9.18 Å². The highest BCUT2D eigenvalue weighted by Gasteiger charge is 2.29. The Bertz CT molecular complexity index is 1110. The van der Waals surface area contributed by atoms with Crippen LogP contribution in [0.25, 0.3) is 16.9 Å². The molecule has 0 unspecified atom stereocenters. The van der Waals surface area contributed by atoms with Gasteiger partial charge in [0.1, 0.15) is 11.5 Å². The van der Waals surface area contributed by atoms with Crippen LogP contribution in [-0.2, 0) is 0 Å². The molecule has 4 rings (SSSR count). The zero-order chi connectivity index (χ0) is 23.0. The molecule has 0 saturated carbocycles. The minimum absolute atomic E-state index is 0.0581. The lowest BCUT2D eigenvalue weighted by Gasteiger charge is -2.40. The Morgan fingerprint density at radius 3 is 2.53 bits per heavy atom. The van der Waals surface area contributed by atoms with Crippen LogP contribution in [0.1, 0.15) is 56.6 Å². The number of carbonyl (C=O) groups excluding carboxylic acids is 1. The summed E-state index contributed by atoms with van der Waals surface area (Å²) in [5.74, 6) is 1.23. The van der Waals surface area contributed by atoms with E-state index in [1.54, 1.807) is 22.8 Å². The van der Waals surface area contributed by atoms with Gasteiger partial charge < -0.3 is 4.90 Å². The number of amides is 1. The van der Waals surface area contributed by atoms with Crippen molar-refractivity contribution in [2.75, 3.05) is 26.2 Å². The summed E-state index contributed by atoms with van der Waals surface area (Å²) < 4.78 is 15.1. The summed E-state index contributed by atoms with van der Waals surface area (Å²) in [5.41, 5.74) is 3.66. The Labute approximate surface area is 189 Å². The van der Waals surface area contributed by atoms with Crippen molar-refractivity contribution in [3.63, 3.8) is 0 Å². The van der Waals surface area contributed by atoms with E-state index in [1.807, 2.05) is 11.0 Å². The van der Waals surface area contributed by atoms with Gasteiger partial charge in [0.05, 0.1) is 11.9 Å². The summed E-state index contributed by atoms with van der Waals surface area (Å²) in [5, 5.41) is 4.68. The first-order valence-electron chi connectivity index (χ1n) is 11.2. The Kier molecular flexibility index (Phi) is 6.29. The fourth-order valence-corrected chi connectivity index (χ4v) is 4.27. The largest absolute Gasteiger partial charge is 0.334 e. The highest BCUT2D eigenvalue weighted by Crippen LogP contribution is 2.26. The minimum atomic E-state index is -0.282. The lowest BCUT2D eigenvalue weighted by Crippen LogP contribution is -2.54. The van der Waals surface area contributed by atoms with Gasteiger partial charge in [-0.05, 0) is 49.1 Å². The molecule has 6 nitrogen and oxygen atoms in total. The maximum Gasteiger partial charge on any atom is 0.274 e. The predicted molar refractivity (Wildman–Crippen MR) is 124 cm³/mol. The maximum atomic E-state index is 13.4. The van der Waals surface area contributed by atoms with E-state index in [1.165, 1.54) is 18.1 Å². The summed E-state index contributed by atoms with van der Waals surface area (Å²) in [7, 11) is 0. The number of imidazole rings is 1. The summed E-state index contributed by atoms with van der Waals surface area (Å²) in [6, 6.07) is 8.57. The fourth-order valence-electron chi connectivity index (χ4n) is 4.27. The van der Waals surface area contributed by atoms with Gasteiger partial charge in [0, 0.05) is 43.3 Å². The van der Waals surface area contributed by atoms with Crippen LogP contribution in [0.2, 0.25) is 0 Å². The van der Waals surface area contributed by atoms with Crippen LogP contribution in [0.3, 0.4) is 0 Å². The molecule has 3 heterocycles. The van der Waals surface area contributed by atoms with Crippen molar-refractivity contribution >= 4 is 11.6 Å². The quantitative estimate of drug-likeness (QED) is 0.594. The number of aromatic nitrogens is 3. The van der Waals surface area contributed by atoms with Crippen LogP contribution in [0.5, 0.6) is 0 Å². The summed E-state index contributed by atoms with van der Waals surface area (Å²) in [6.45, 7) is 13.8. The first-order chi connectivity index (χ1) is 15.2. The third-order valence-electron chi connectivity index (χ3n) is 6.01. The van der Waals surface area contributed by atoms with Crippen LogP contribution in [0.15, 0.2) is 36.5 Å². The van der Waals surface area contributed by atoms with Crippen molar-refractivity contribution in [3.8, 4) is 11.3 Å². The molecule has 1 atom stereocenters. The Balaban J connectivity index is 1.63. The molecule has 2 aromatic heterocycles. The highest BCUT2D eigenvalue weighted by molar-refractivity contribution is 5.93. The fraction of sp³-hybridized carbons (Fsp3) is 0.440. The average Bonchev–Trinajstić information content (AvgIpc) is 3.18. The highest BCUT2D eigenvalue weighted by atomic mass is 19.1. The standard InChI is InChI=1S/C25H31FN5O/c1-16(2)13-29-10-11-30(14-18(29)5)25(32)23-15-31-24(27-23)21(17(3)4)12-22(28-31)19-6-8-20(26)9-7-19/h6-9,12,15,17-18H,10-11,13-14H2,1-5H3/t18-/m0/s1. The predicted octanol–water partition coefficient (Wildman–Crippen LogP) is 4.42. The van der Waals surface area contributed by atoms with Crippen molar-refractivity contribution in [3.05, 3.63) is 59.5 Å². The molecular formula is C25H31FN5O. The second-order valence-corrected chi connectivity index (χ2v) is 9.32. The smallest absolute Gasteiger partial charge is 0.274 e. The molecule has 1 radical (unpaired) electrons. The Hall–Kier alpha value is -2.80. The SMILES string of the molecule is C[C](C)CN1CCN(C(=O)c2cn3nc(-c4ccc(F)cc4)cc(C(C)C)c3n2)C[C@@H]1C. The van der Waals surface area contributed by atoms with E-state index in [4.69, 9.17) is 0 Å². The molecule has 0 aliphatic carbocycles. The van der Waals surface area contributed by atoms with Gasteiger partial charge in [0.25, 0.3) is 5.91 Å². The van der Waals surface area contributed by atoms with Crippen molar-refractivity contribution in [2.45, 2.75) is 46.6 Å². The van der Waals surface area contributed by atoms with E-state index in [0.29, 0.717) is 30.5 Å². The lowest BCUT2D eigenvalue weighted by molar-refractivity contribution is 0.0522. The van der Waals surface area contributed by atoms with Gasteiger partial charge in [-0.15, -0.1) is 0 Å². The first kappa shape index (κ1) is 22.4. The Morgan fingerprint density at radius 1 is 1.19 bits per heavy atom. The molecular weight excluding hydrogens is 405 g/mol. The zero-order valence-corrected chi connectivity index (χ0v) is 19.5. The molecule has 1 aliphatic heterocycles. The molecule has 1 aromatic carbocycles. The third-order valence-corrected chi connectivity index (χ3v) is 6.01. The van der Waals surface area contributed by atoms with Crippen molar-refractivity contribution in [1.82, 2.24) is 24.4 Å². The van der Waals surface area contributed by atoms with E-state index in [-0.39, 0.29) is 17.6 Å². The van der Waals surface area contributed by atoms with E-state index >= 15 is 0 Å². The van der Waals surface area contributed by atoms with Gasteiger partial charge in [-0.2, -0.15) is 5.10 Å². The minimum Gasteiger partial charge on any atom is -0.334 e. The van der Waals surface area contributed by atoms with Crippen molar-refractivity contribution in [1.29, 1.82) is 0 Å². The molecule has 0 N–H and O–H groups in total. The molecule has 1 aliphatic rings. The number of hydrogen-bond acceptors (Lipinski definition) is 4. The summed E-state index contributed by atoms with van der Waals surface area (Å²) >= 11 is 0. The molecule has 7 heteroatoms. The second kappa shape index (κ2) is 8.98. The molecule has 1 amide bonds. The number of piperazine rings is 1. The van der Waals surface area contributed by atoms with Crippen LogP contribution >= 0.6 is 0 Å². The second-order valence-electron chi connectivity index (χ2n) is 9.32.